The zero-order valence-electron chi connectivity index (χ0n) is 6.90. The van der Waals surface area contributed by atoms with Crippen molar-refractivity contribution >= 4 is 17.6 Å². The molecule has 0 aromatic carbocycles. The molecule has 0 aromatic heterocycles. The lowest BCUT2D eigenvalue weighted by atomic mass is 9.93. The van der Waals surface area contributed by atoms with Gasteiger partial charge in [-0.3, -0.25) is 9.11 Å². The summed E-state index contributed by atoms with van der Waals surface area (Å²) in [4.78, 5) is 9.82. The molecular formula is C6H14O4S. The Morgan fingerprint density at radius 2 is 1.64 bits per heavy atom. The van der Waals surface area contributed by atoms with Crippen molar-refractivity contribution in [1.82, 2.24) is 0 Å². The van der Waals surface area contributed by atoms with Crippen molar-refractivity contribution in [2.45, 2.75) is 27.2 Å². The highest BCUT2D eigenvalue weighted by Gasteiger charge is 2.06. The van der Waals surface area contributed by atoms with Crippen LogP contribution >= 0.6 is 0 Å². The first-order chi connectivity index (χ1) is 4.79. The Hall–Kier alpha value is -0.260. The van der Waals surface area contributed by atoms with Gasteiger partial charge >= 0.3 is 0 Å². The first kappa shape index (κ1) is 13.3. The molecule has 0 amide bonds. The number of rotatable bonds is 1. The third kappa shape index (κ3) is 41.7. The first-order valence-corrected chi connectivity index (χ1v) is 4.09. The molecule has 68 valence electrons. The van der Waals surface area contributed by atoms with E-state index in [1.165, 1.54) is 0 Å². The molecule has 0 aliphatic rings. The Bertz CT molecular complexity index is 123. The molecule has 0 unspecified atom stereocenters. The zero-order valence-corrected chi connectivity index (χ0v) is 7.72. The second-order valence-electron chi connectivity index (χ2n) is 3.16. The number of aldehydes is 1. The van der Waals surface area contributed by atoms with Crippen LogP contribution < -0.4 is 0 Å². The molecule has 0 bridgehead atoms. The molecule has 0 radical (unpaired) electrons. The molecule has 0 spiro atoms. The summed E-state index contributed by atoms with van der Waals surface area (Å²) in [5.74, 6) is 0. The molecule has 11 heavy (non-hydrogen) atoms. The van der Waals surface area contributed by atoms with Gasteiger partial charge in [0.15, 0.2) is 0 Å². The maximum absolute atomic E-state index is 9.82. The Kier molecular flexibility index (Phi) is 7.82. The van der Waals surface area contributed by atoms with Crippen molar-refractivity contribution in [1.29, 1.82) is 0 Å². The summed E-state index contributed by atoms with van der Waals surface area (Å²) < 4.78 is 22.8. The minimum Gasteiger partial charge on any atom is -0.303 e. The molecule has 0 saturated heterocycles. The van der Waals surface area contributed by atoms with Crippen molar-refractivity contribution in [2.24, 2.45) is 5.41 Å². The fourth-order valence-corrected chi connectivity index (χ4v) is 0.250. The monoisotopic (exact) mass is 182 g/mol. The first-order valence-electron chi connectivity index (χ1n) is 3.03. The van der Waals surface area contributed by atoms with Crippen LogP contribution in [0.5, 0.6) is 0 Å². The number of hydrogen-bond acceptors (Lipinski definition) is 2. The molecule has 0 heterocycles. The highest BCUT2D eigenvalue weighted by atomic mass is 32.2. The molecule has 0 aromatic rings. The van der Waals surface area contributed by atoms with Gasteiger partial charge in [-0.05, 0) is 5.41 Å². The molecular weight excluding hydrogens is 168 g/mol. The van der Waals surface area contributed by atoms with E-state index >= 15 is 0 Å². The maximum Gasteiger partial charge on any atom is 0.299 e. The Balaban J connectivity index is 0. The third-order valence-electron chi connectivity index (χ3n) is 0.696. The lowest BCUT2D eigenvalue weighted by Gasteiger charge is -2.11. The van der Waals surface area contributed by atoms with Crippen LogP contribution in [0.15, 0.2) is 0 Å². The van der Waals surface area contributed by atoms with Crippen LogP contribution in [0.25, 0.3) is 0 Å². The Morgan fingerprint density at radius 1 is 1.36 bits per heavy atom. The van der Waals surface area contributed by atoms with Crippen LogP contribution in [-0.2, 0) is 16.2 Å². The van der Waals surface area contributed by atoms with Crippen molar-refractivity contribution in [2.75, 3.05) is 0 Å². The highest BCUT2D eigenvalue weighted by Crippen LogP contribution is 2.15. The van der Waals surface area contributed by atoms with E-state index in [0.717, 1.165) is 6.29 Å². The van der Waals surface area contributed by atoms with E-state index in [9.17, 15) is 4.79 Å². The SMILES string of the molecule is CC(C)(C)CC=O.O=S(O)O. The van der Waals surface area contributed by atoms with E-state index in [1.807, 2.05) is 20.8 Å². The number of carbonyl (C=O) groups is 1. The van der Waals surface area contributed by atoms with Crippen LogP contribution in [0.4, 0.5) is 0 Å². The Morgan fingerprint density at radius 3 is 1.64 bits per heavy atom. The number of carbonyl (C=O) groups excluding carboxylic acids is 1. The van der Waals surface area contributed by atoms with Gasteiger partial charge in [-0.25, -0.2) is 0 Å². The second-order valence-corrected chi connectivity index (χ2v) is 3.62. The van der Waals surface area contributed by atoms with Gasteiger partial charge in [-0.1, -0.05) is 20.8 Å². The smallest absolute Gasteiger partial charge is 0.299 e. The molecule has 0 rings (SSSR count). The standard InChI is InChI=1S/C6H12O.H2O3S/c1-6(2,3)4-5-7;1-4(2)3/h5H,4H2,1-3H3;(H2,1,2,3). The lowest BCUT2D eigenvalue weighted by Crippen LogP contribution is -2.04. The molecule has 4 nitrogen and oxygen atoms in total. The summed E-state index contributed by atoms with van der Waals surface area (Å²) in [7, 11) is 0. The topological polar surface area (TPSA) is 74.6 Å². The van der Waals surface area contributed by atoms with E-state index in [4.69, 9.17) is 13.3 Å². The summed E-state index contributed by atoms with van der Waals surface area (Å²) in [5.41, 5.74) is 0.182. The maximum atomic E-state index is 9.82. The summed E-state index contributed by atoms with van der Waals surface area (Å²) in [6, 6.07) is 0. The van der Waals surface area contributed by atoms with E-state index in [1.54, 1.807) is 0 Å². The average Bonchev–Trinajstić information content (AvgIpc) is 1.58. The van der Waals surface area contributed by atoms with E-state index in [2.05, 4.69) is 0 Å². The predicted octanol–water partition coefficient (Wildman–Crippen LogP) is 1.30. The van der Waals surface area contributed by atoms with Crippen LogP contribution in [0.1, 0.15) is 27.2 Å². The minimum absolute atomic E-state index is 0.182. The summed E-state index contributed by atoms with van der Waals surface area (Å²) >= 11 is -2.61. The van der Waals surface area contributed by atoms with Gasteiger partial charge in [0.25, 0.3) is 11.4 Å². The quantitative estimate of drug-likeness (QED) is 0.473. The van der Waals surface area contributed by atoms with Gasteiger partial charge in [-0.15, -0.1) is 0 Å². The normalized spacial score (nSPS) is 10.4. The van der Waals surface area contributed by atoms with Crippen LogP contribution in [0.3, 0.4) is 0 Å². The van der Waals surface area contributed by atoms with Crippen molar-refractivity contribution in [3.05, 3.63) is 0 Å². The predicted molar refractivity (Wildman–Crippen MR) is 43.5 cm³/mol. The molecule has 0 saturated carbocycles. The van der Waals surface area contributed by atoms with Crippen molar-refractivity contribution in [3.63, 3.8) is 0 Å². The van der Waals surface area contributed by atoms with Crippen molar-refractivity contribution in [3.8, 4) is 0 Å². The van der Waals surface area contributed by atoms with E-state index < -0.39 is 11.4 Å². The van der Waals surface area contributed by atoms with E-state index in [-0.39, 0.29) is 5.41 Å². The average molecular weight is 182 g/mol. The van der Waals surface area contributed by atoms with Gasteiger partial charge in [0.1, 0.15) is 6.29 Å². The van der Waals surface area contributed by atoms with E-state index in [0.29, 0.717) is 6.42 Å². The van der Waals surface area contributed by atoms with Crippen LogP contribution in [0.2, 0.25) is 0 Å². The van der Waals surface area contributed by atoms with Crippen molar-refractivity contribution < 1.29 is 18.1 Å². The second kappa shape index (κ2) is 6.45. The summed E-state index contributed by atoms with van der Waals surface area (Å²) in [5, 5.41) is 0. The van der Waals surface area contributed by atoms with Gasteiger partial charge in [0.2, 0.25) is 0 Å². The third-order valence-corrected chi connectivity index (χ3v) is 0.696. The van der Waals surface area contributed by atoms with Gasteiger partial charge in [0, 0.05) is 6.42 Å². The molecule has 0 fully saturated rings. The zero-order chi connectivity index (χ0) is 9.49. The summed E-state index contributed by atoms with van der Waals surface area (Å²) in [6.07, 6.45) is 1.62. The van der Waals surface area contributed by atoms with Gasteiger partial charge in [0.05, 0.1) is 0 Å². The molecule has 0 aliphatic heterocycles. The molecule has 0 atom stereocenters. The number of hydrogen-bond donors (Lipinski definition) is 2. The molecule has 2 N–H and O–H groups in total. The van der Waals surface area contributed by atoms with Crippen LogP contribution in [-0.4, -0.2) is 19.6 Å². The molecule has 0 aliphatic carbocycles. The fraction of sp³-hybridized carbons (Fsp3) is 0.833. The molecule has 5 heteroatoms. The summed E-state index contributed by atoms with van der Waals surface area (Å²) in [6.45, 7) is 6.13. The fourth-order valence-electron chi connectivity index (χ4n) is 0.250. The highest BCUT2D eigenvalue weighted by molar-refractivity contribution is 7.73. The Labute approximate surface area is 69.1 Å². The van der Waals surface area contributed by atoms with Gasteiger partial charge in [-0.2, -0.15) is 4.21 Å². The largest absolute Gasteiger partial charge is 0.303 e. The minimum atomic E-state index is -2.61. The van der Waals surface area contributed by atoms with Gasteiger partial charge < -0.3 is 4.79 Å². The van der Waals surface area contributed by atoms with Crippen LogP contribution in [0, 0.1) is 5.41 Å². The lowest BCUT2D eigenvalue weighted by molar-refractivity contribution is -0.109.